The van der Waals surface area contributed by atoms with Gasteiger partial charge in [-0.25, -0.2) is 0 Å². The van der Waals surface area contributed by atoms with Crippen LogP contribution < -0.4 is 9.64 Å². The minimum Gasteiger partial charge on any atom is -0.507 e. The maximum Gasteiger partial charge on any atom is 0.295 e. The highest BCUT2D eigenvalue weighted by molar-refractivity contribution is 6.46. The molecule has 182 valence electrons. The van der Waals surface area contributed by atoms with Gasteiger partial charge in [0.25, 0.3) is 11.7 Å². The summed E-state index contributed by atoms with van der Waals surface area (Å²) in [6.07, 6.45) is 1.67. The van der Waals surface area contributed by atoms with E-state index in [0.29, 0.717) is 17.9 Å². The fraction of sp³-hybridized carbons (Fsp3) is 0.429. The van der Waals surface area contributed by atoms with E-state index in [1.54, 1.807) is 24.1 Å². The summed E-state index contributed by atoms with van der Waals surface area (Å²) >= 11 is 0. The molecule has 0 spiro atoms. The Hall–Kier alpha value is -3.28. The maximum atomic E-state index is 13.2. The van der Waals surface area contributed by atoms with Gasteiger partial charge in [-0.2, -0.15) is 0 Å². The van der Waals surface area contributed by atoms with Crippen molar-refractivity contribution in [3.8, 4) is 5.75 Å². The predicted octanol–water partition coefficient (Wildman–Crippen LogP) is 5.28. The number of Topliss-reactive ketones (excluding diaryl/α,β-unsaturated/α-hetero) is 1. The molecule has 0 saturated carbocycles. The predicted molar refractivity (Wildman–Crippen MR) is 136 cm³/mol. The van der Waals surface area contributed by atoms with Crippen LogP contribution >= 0.6 is 0 Å². The van der Waals surface area contributed by atoms with E-state index < -0.39 is 17.7 Å². The average molecular weight is 465 g/mol. The second kappa shape index (κ2) is 9.92. The number of amides is 1. The fourth-order valence-corrected chi connectivity index (χ4v) is 4.34. The van der Waals surface area contributed by atoms with Crippen molar-refractivity contribution in [2.24, 2.45) is 0 Å². The molecule has 0 aliphatic carbocycles. The van der Waals surface area contributed by atoms with Crippen LogP contribution in [0.1, 0.15) is 63.3 Å². The Morgan fingerprint density at radius 3 is 2.26 bits per heavy atom. The molecule has 6 heteroatoms. The molecule has 1 N–H and O–H groups in total. The summed E-state index contributed by atoms with van der Waals surface area (Å²) in [4.78, 5) is 29.8. The third-order valence-corrected chi connectivity index (χ3v) is 6.30. The van der Waals surface area contributed by atoms with Crippen molar-refractivity contribution in [2.45, 2.75) is 52.0 Å². The van der Waals surface area contributed by atoms with Gasteiger partial charge in [-0.3, -0.25) is 9.59 Å². The summed E-state index contributed by atoms with van der Waals surface area (Å²) < 4.78 is 5.52. The number of benzene rings is 2. The SMILES string of the molecule is CCCCN1C(=O)C(=O)/C(=C(\O)c2ccc(OC)c(C(C)(C)C)c2)C1c1ccc(N(C)C)cc1. The molecule has 0 radical (unpaired) electrons. The first-order valence-corrected chi connectivity index (χ1v) is 11.8. The topological polar surface area (TPSA) is 70.1 Å². The van der Waals surface area contributed by atoms with E-state index in [4.69, 9.17) is 4.74 Å². The molecule has 1 unspecified atom stereocenters. The zero-order chi connectivity index (χ0) is 25.2. The third-order valence-electron chi connectivity index (χ3n) is 6.30. The summed E-state index contributed by atoms with van der Waals surface area (Å²) in [7, 11) is 5.53. The molecule has 0 aromatic heterocycles. The van der Waals surface area contributed by atoms with Crippen LogP contribution in [0.25, 0.3) is 5.76 Å². The highest BCUT2D eigenvalue weighted by atomic mass is 16.5. The van der Waals surface area contributed by atoms with Gasteiger partial charge in [0, 0.05) is 37.5 Å². The zero-order valence-electron chi connectivity index (χ0n) is 21.3. The van der Waals surface area contributed by atoms with Crippen molar-refractivity contribution in [3.05, 3.63) is 64.7 Å². The lowest BCUT2D eigenvalue weighted by molar-refractivity contribution is -0.139. The van der Waals surface area contributed by atoms with Crippen LogP contribution in [0, 0.1) is 0 Å². The van der Waals surface area contributed by atoms with Crippen molar-refractivity contribution in [2.75, 3.05) is 32.6 Å². The summed E-state index contributed by atoms with van der Waals surface area (Å²) in [6.45, 7) is 8.68. The standard InChI is InChI=1S/C28H36N2O4/c1-8-9-16-30-24(18-10-13-20(14-11-18)29(5)6)23(26(32)27(30)33)25(31)19-12-15-22(34-7)21(17-19)28(2,3)4/h10-15,17,24,31H,8-9,16H2,1-7H3/b25-23-. The van der Waals surface area contributed by atoms with Gasteiger partial charge in [-0.15, -0.1) is 0 Å². The third kappa shape index (κ3) is 4.81. The molecule has 1 atom stereocenters. The number of ether oxygens (including phenoxy) is 1. The van der Waals surface area contributed by atoms with Gasteiger partial charge in [0.1, 0.15) is 11.5 Å². The number of hydrogen-bond donors (Lipinski definition) is 1. The first-order chi connectivity index (χ1) is 16.0. The van der Waals surface area contributed by atoms with Crippen molar-refractivity contribution in [3.63, 3.8) is 0 Å². The molecule has 2 aromatic rings. The lowest BCUT2D eigenvalue weighted by atomic mass is 9.84. The Morgan fingerprint density at radius 2 is 1.74 bits per heavy atom. The van der Waals surface area contributed by atoms with Crippen LogP contribution in [-0.4, -0.2) is 49.4 Å². The van der Waals surface area contributed by atoms with Gasteiger partial charge in [0.2, 0.25) is 0 Å². The molecule has 1 aliphatic heterocycles. The summed E-state index contributed by atoms with van der Waals surface area (Å²) in [6, 6.07) is 12.5. The van der Waals surface area contributed by atoms with Gasteiger partial charge >= 0.3 is 0 Å². The van der Waals surface area contributed by atoms with Gasteiger partial charge in [0.05, 0.1) is 18.7 Å². The van der Waals surface area contributed by atoms with Crippen molar-refractivity contribution in [1.29, 1.82) is 0 Å². The van der Waals surface area contributed by atoms with Crippen molar-refractivity contribution < 1.29 is 19.4 Å². The molecule has 3 rings (SSSR count). The summed E-state index contributed by atoms with van der Waals surface area (Å²) in [5.41, 5.74) is 3.10. The number of rotatable bonds is 7. The Balaban J connectivity index is 2.19. The Bertz CT molecular complexity index is 1090. The first-order valence-electron chi connectivity index (χ1n) is 11.8. The van der Waals surface area contributed by atoms with Gasteiger partial charge in [-0.05, 0) is 47.7 Å². The highest BCUT2D eigenvalue weighted by Crippen LogP contribution is 2.41. The number of unbranched alkanes of at least 4 members (excludes halogenated alkanes) is 1. The Labute approximate surface area is 202 Å². The van der Waals surface area contributed by atoms with E-state index >= 15 is 0 Å². The number of aliphatic hydroxyl groups excluding tert-OH is 1. The monoisotopic (exact) mass is 464 g/mol. The van der Waals surface area contributed by atoms with Gasteiger partial charge in [-0.1, -0.05) is 46.2 Å². The largest absolute Gasteiger partial charge is 0.507 e. The van der Waals surface area contributed by atoms with E-state index in [0.717, 1.165) is 29.7 Å². The molecular formula is C28H36N2O4. The van der Waals surface area contributed by atoms with Crippen molar-refractivity contribution in [1.82, 2.24) is 4.90 Å². The number of nitrogens with zero attached hydrogens (tertiary/aromatic N) is 2. The molecule has 0 bridgehead atoms. The second-order valence-electron chi connectivity index (χ2n) is 10.00. The van der Waals surface area contributed by atoms with E-state index in [1.807, 2.05) is 56.3 Å². The molecule has 1 aliphatic rings. The normalized spacial score (nSPS) is 17.9. The Morgan fingerprint density at radius 1 is 1.09 bits per heavy atom. The van der Waals surface area contributed by atoms with E-state index in [1.165, 1.54) is 0 Å². The molecule has 2 aromatic carbocycles. The lowest BCUT2D eigenvalue weighted by Gasteiger charge is -2.26. The average Bonchev–Trinajstić information content (AvgIpc) is 3.06. The molecule has 1 heterocycles. The van der Waals surface area contributed by atoms with Crippen LogP contribution in [0.5, 0.6) is 5.75 Å². The molecule has 1 fully saturated rings. The molecular weight excluding hydrogens is 428 g/mol. The van der Waals surface area contributed by atoms with Crippen LogP contribution in [0.4, 0.5) is 5.69 Å². The van der Waals surface area contributed by atoms with Crippen LogP contribution in [0.3, 0.4) is 0 Å². The van der Waals surface area contributed by atoms with E-state index in [-0.39, 0.29) is 16.7 Å². The second-order valence-corrected chi connectivity index (χ2v) is 10.00. The van der Waals surface area contributed by atoms with E-state index in [2.05, 4.69) is 20.8 Å². The Kier molecular flexibility index (Phi) is 7.39. The number of methoxy groups -OCH3 is 1. The number of anilines is 1. The number of aliphatic hydroxyl groups is 1. The number of ketones is 1. The number of hydrogen-bond acceptors (Lipinski definition) is 5. The smallest absolute Gasteiger partial charge is 0.295 e. The quantitative estimate of drug-likeness (QED) is 0.343. The molecule has 6 nitrogen and oxygen atoms in total. The van der Waals surface area contributed by atoms with Gasteiger partial charge in [0.15, 0.2) is 0 Å². The van der Waals surface area contributed by atoms with E-state index in [9.17, 15) is 14.7 Å². The zero-order valence-corrected chi connectivity index (χ0v) is 21.3. The first kappa shape index (κ1) is 25.3. The lowest BCUT2D eigenvalue weighted by Crippen LogP contribution is -2.30. The molecule has 1 saturated heterocycles. The highest BCUT2D eigenvalue weighted by Gasteiger charge is 2.45. The molecule has 1 amide bonds. The number of carbonyl (C=O) groups excluding carboxylic acids is 2. The maximum absolute atomic E-state index is 13.2. The summed E-state index contributed by atoms with van der Waals surface area (Å²) in [5, 5.41) is 11.4. The van der Waals surface area contributed by atoms with Crippen LogP contribution in [0.15, 0.2) is 48.0 Å². The van der Waals surface area contributed by atoms with Crippen LogP contribution in [-0.2, 0) is 15.0 Å². The minimum atomic E-state index is -0.650. The molecule has 34 heavy (non-hydrogen) atoms. The number of likely N-dealkylation sites (tertiary alicyclic amines) is 1. The number of carbonyl (C=O) groups is 2. The fourth-order valence-electron chi connectivity index (χ4n) is 4.34. The summed E-state index contributed by atoms with van der Waals surface area (Å²) in [5.74, 6) is -0.667. The van der Waals surface area contributed by atoms with Crippen LogP contribution in [0.2, 0.25) is 0 Å². The van der Waals surface area contributed by atoms with Gasteiger partial charge < -0.3 is 19.6 Å². The van der Waals surface area contributed by atoms with Crippen molar-refractivity contribution >= 4 is 23.1 Å². The minimum absolute atomic E-state index is 0.128.